The van der Waals surface area contributed by atoms with Gasteiger partial charge in [-0.2, -0.15) is 0 Å². The summed E-state index contributed by atoms with van der Waals surface area (Å²) in [6.45, 7) is 0.641. The summed E-state index contributed by atoms with van der Waals surface area (Å²) in [5.74, 6) is 12.6. The van der Waals surface area contributed by atoms with E-state index in [-0.39, 0.29) is 11.5 Å². The first-order valence-electron chi connectivity index (χ1n) is 9.36. The first-order chi connectivity index (χ1) is 14.7. The number of nitrogens with zero attached hydrogens (tertiary/aromatic N) is 2. The Morgan fingerprint density at radius 2 is 1.00 bits per heavy atom. The monoisotopic (exact) mass is 392 g/mol. The largest absolute Gasteiger partial charge is 0.507 e. The van der Waals surface area contributed by atoms with Crippen LogP contribution in [0.15, 0.2) is 82.8 Å². The number of para-hydroxylation sites is 2. The van der Waals surface area contributed by atoms with Crippen LogP contribution in [-0.4, -0.2) is 35.7 Å². The molecule has 0 spiro atoms. The fraction of sp³-hybridized carbons (Fsp3) is 0.0769. The van der Waals surface area contributed by atoms with Gasteiger partial charge >= 0.3 is 0 Å². The van der Waals surface area contributed by atoms with E-state index in [9.17, 15) is 10.2 Å². The Morgan fingerprint density at radius 3 is 1.43 bits per heavy atom. The van der Waals surface area contributed by atoms with Gasteiger partial charge in [-0.15, -0.1) is 0 Å². The topological polar surface area (TPSA) is 65.2 Å². The Labute approximate surface area is 176 Å². The predicted octanol–water partition coefficient (Wildman–Crippen LogP) is 4.04. The molecule has 4 nitrogen and oxygen atoms in total. The highest BCUT2D eigenvalue weighted by Gasteiger charge is 1.96. The van der Waals surface area contributed by atoms with Crippen molar-refractivity contribution in [3.05, 3.63) is 95.1 Å². The summed E-state index contributed by atoms with van der Waals surface area (Å²) in [6, 6.07) is 21.7. The minimum atomic E-state index is 0.194. The fourth-order valence-corrected chi connectivity index (χ4v) is 2.54. The maximum Gasteiger partial charge on any atom is 0.124 e. The minimum Gasteiger partial charge on any atom is -0.507 e. The molecule has 4 heteroatoms. The lowest BCUT2D eigenvalue weighted by atomic mass is 10.1. The number of phenols is 2. The van der Waals surface area contributed by atoms with E-state index in [2.05, 4.69) is 33.7 Å². The second kappa shape index (κ2) is 10.9. The lowest BCUT2D eigenvalue weighted by Gasteiger charge is -1.96. The molecule has 3 aromatic carbocycles. The van der Waals surface area contributed by atoms with Crippen molar-refractivity contribution in [2.24, 2.45) is 9.98 Å². The quantitative estimate of drug-likeness (QED) is 0.520. The molecule has 3 aromatic rings. The summed E-state index contributed by atoms with van der Waals surface area (Å²) in [5.41, 5.74) is 2.98. The van der Waals surface area contributed by atoms with Crippen molar-refractivity contribution in [1.29, 1.82) is 0 Å². The van der Waals surface area contributed by atoms with Crippen molar-refractivity contribution in [2.75, 3.05) is 13.1 Å². The molecule has 2 N–H and O–H groups in total. The molecule has 0 aromatic heterocycles. The minimum absolute atomic E-state index is 0.194. The second-order valence-electron chi connectivity index (χ2n) is 6.21. The van der Waals surface area contributed by atoms with Gasteiger partial charge in [0.1, 0.15) is 24.6 Å². The first-order valence-corrected chi connectivity index (χ1v) is 9.36. The summed E-state index contributed by atoms with van der Waals surface area (Å²) in [6.07, 6.45) is 3.22. The molecule has 30 heavy (non-hydrogen) atoms. The lowest BCUT2D eigenvalue weighted by Crippen LogP contribution is -1.86. The molecule has 0 heterocycles. The Balaban J connectivity index is 1.60. The lowest BCUT2D eigenvalue weighted by molar-refractivity contribution is 0.474. The zero-order valence-electron chi connectivity index (χ0n) is 16.3. The van der Waals surface area contributed by atoms with E-state index in [1.165, 1.54) is 0 Å². The maximum atomic E-state index is 9.72. The van der Waals surface area contributed by atoms with Gasteiger partial charge in [0.25, 0.3) is 0 Å². The smallest absolute Gasteiger partial charge is 0.124 e. The van der Waals surface area contributed by atoms with Gasteiger partial charge in [0.2, 0.25) is 0 Å². The Hall–Kier alpha value is -4.28. The van der Waals surface area contributed by atoms with Gasteiger partial charge in [-0.3, -0.25) is 9.98 Å². The van der Waals surface area contributed by atoms with Crippen LogP contribution in [0.4, 0.5) is 0 Å². The molecule has 0 aliphatic heterocycles. The van der Waals surface area contributed by atoms with Crippen molar-refractivity contribution >= 4 is 12.4 Å². The normalized spacial score (nSPS) is 10.4. The molecule has 0 saturated carbocycles. The van der Waals surface area contributed by atoms with E-state index in [4.69, 9.17) is 0 Å². The number of hydrogen-bond acceptors (Lipinski definition) is 4. The van der Waals surface area contributed by atoms with E-state index in [0.29, 0.717) is 24.2 Å². The van der Waals surface area contributed by atoms with Gasteiger partial charge in [-0.1, -0.05) is 60.1 Å². The molecule has 0 unspecified atom stereocenters. The van der Waals surface area contributed by atoms with Gasteiger partial charge in [-0.05, 0) is 36.4 Å². The standard InChI is InChI=1S/C26H20N2O2/c29-25-15-5-3-11-23(25)19-27-17-7-13-21-9-1-2-10-22(21)14-8-18-28-20-24-12-4-6-16-26(24)30/h1-6,9-12,15-16,19-20,29-30H,17-18H2. The predicted molar refractivity (Wildman–Crippen MR) is 121 cm³/mol. The molecule has 0 bridgehead atoms. The van der Waals surface area contributed by atoms with Gasteiger partial charge in [0.05, 0.1) is 0 Å². The average molecular weight is 392 g/mol. The second-order valence-corrected chi connectivity index (χ2v) is 6.21. The molecular formula is C26H20N2O2. The van der Waals surface area contributed by atoms with E-state index in [0.717, 1.165) is 11.1 Å². The van der Waals surface area contributed by atoms with Crippen LogP contribution in [0.1, 0.15) is 22.3 Å². The summed E-state index contributed by atoms with van der Waals surface area (Å²) in [7, 11) is 0. The van der Waals surface area contributed by atoms with Crippen molar-refractivity contribution in [3.8, 4) is 35.2 Å². The maximum absolute atomic E-state index is 9.72. The Kier molecular flexibility index (Phi) is 7.43. The number of aliphatic imine (C=N–C) groups is 2. The third kappa shape index (κ3) is 6.12. The molecule has 0 radical (unpaired) electrons. The van der Waals surface area contributed by atoms with E-state index < -0.39 is 0 Å². The highest BCUT2D eigenvalue weighted by Crippen LogP contribution is 2.13. The van der Waals surface area contributed by atoms with Gasteiger partial charge < -0.3 is 10.2 Å². The third-order valence-corrected chi connectivity index (χ3v) is 4.05. The Bertz CT molecular complexity index is 1090. The molecule has 0 fully saturated rings. The molecule has 0 saturated heterocycles. The van der Waals surface area contributed by atoms with Crippen molar-refractivity contribution in [1.82, 2.24) is 0 Å². The molecule has 0 atom stereocenters. The molecule has 0 amide bonds. The summed E-state index contributed by atoms with van der Waals surface area (Å²) in [5, 5.41) is 19.4. The fourth-order valence-electron chi connectivity index (χ4n) is 2.54. The third-order valence-electron chi connectivity index (χ3n) is 4.05. The summed E-state index contributed by atoms with van der Waals surface area (Å²) < 4.78 is 0. The SMILES string of the molecule is Oc1ccccc1C=NCC#Cc1ccccc1C#CCN=Cc1ccccc1O. The molecule has 0 aliphatic carbocycles. The highest BCUT2D eigenvalue weighted by atomic mass is 16.3. The van der Waals surface area contributed by atoms with Crippen LogP contribution >= 0.6 is 0 Å². The van der Waals surface area contributed by atoms with Crippen LogP contribution in [0.2, 0.25) is 0 Å². The number of benzene rings is 3. The van der Waals surface area contributed by atoms with Crippen LogP contribution in [0.25, 0.3) is 0 Å². The van der Waals surface area contributed by atoms with E-state index in [1.807, 2.05) is 36.4 Å². The first kappa shape index (κ1) is 20.5. The van der Waals surface area contributed by atoms with Crippen LogP contribution in [-0.2, 0) is 0 Å². The van der Waals surface area contributed by atoms with Crippen LogP contribution in [0, 0.1) is 23.7 Å². The summed E-state index contributed by atoms with van der Waals surface area (Å²) in [4.78, 5) is 8.47. The van der Waals surface area contributed by atoms with Crippen LogP contribution < -0.4 is 0 Å². The average Bonchev–Trinajstić information content (AvgIpc) is 2.76. The van der Waals surface area contributed by atoms with Gasteiger partial charge in [0.15, 0.2) is 0 Å². The number of phenolic OH excluding ortho intramolecular Hbond substituents is 2. The molecule has 0 aliphatic rings. The summed E-state index contributed by atoms with van der Waals surface area (Å²) >= 11 is 0. The molecule has 3 rings (SSSR count). The molecule has 146 valence electrons. The number of hydrogen-bond donors (Lipinski definition) is 2. The number of aromatic hydroxyl groups is 2. The Morgan fingerprint density at radius 1 is 0.600 bits per heavy atom. The molecular weight excluding hydrogens is 372 g/mol. The number of rotatable bonds is 4. The van der Waals surface area contributed by atoms with Crippen molar-refractivity contribution in [2.45, 2.75) is 0 Å². The van der Waals surface area contributed by atoms with Gasteiger partial charge in [0, 0.05) is 34.7 Å². The van der Waals surface area contributed by atoms with Crippen molar-refractivity contribution < 1.29 is 10.2 Å². The van der Waals surface area contributed by atoms with E-state index in [1.54, 1.807) is 48.8 Å². The zero-order chi connectivity index (χ0) is 21.0. The van der Waals surface area contributed by atoms with E-state index >= 15 is 0 Å². The zero-order valence-corrected chi connectivity index (χ0v) is 16.3. The van der Waals surface area contributed by atoms with Crippen LogP contribution in [0.5, 0.6) is 11.5 Å². The van der Waals surface area contributed by atoms with Gasteiger partial charge in [-0.25, -0.2) is 0 Å². The van der Waals surface area contributed by atoms with Crippen molar-refractivity contribution in [3.63, 3.8) is 0 Å². The van der Waals surface area contributed by atoms with Crippen LogP contribution in [0.3, 0.4) is 0 Å². The highest BCUT2D eigenvalue weighted by molar-refractivity contribution is 5.83.